The summed E-state index contributed by atoms with van der Waals surface area (Å²) in [5, 5.41) is 8.46. The molecule has 0 atom stereocenters. The van der Waals surface area contributed by atoms with Crippen LogP contribution in [0.1, 0.15) is 23.2 Å². The fraction of sp³-hybridized carbons (Fsp3) is 0.333. The summed E-state index contributed by atoms with van der Waals surface area (Å²) in [7, 11) is 0. The number of aromatic nitrogens is 1. The summed E-state index contributed by atoms with van der Waals surface area (Å²) in [6, 6.07) is 0.628. The first-order valence-electron chi connectivity index (χ1n) is 4.49. The van der Waals surface area contributed by atoms with Crippen LogP contribution in [0, 0.1) is 0 Å². The third-order valence-electron chi connectivity index (χ3n) is 1.98. The number of hydrogen-bond donors (Lipinski definition) is 2. The summed E-state index contributed by atoms with van der Waals surface area (Å²) < 4.78 is 62.9. The Balaban J connectivity index is 3.53. The SMILES string of the molecule is Nc1cc(CC(=O)O)c(C(F)(F)F)c(C(F)F)n1. The van der Waals surface area contributed by atoms with Crippen LogP contribution in [0.15, 0.2) is 6.07 Å². The Morgan fingerprint density at radius 2 is 2.00 bits per heavy atom. The molecule has 1 aromatic heterocycles. The lowest BCUT2D eigenvalue weighted by Gasteiger charge is -2.16. The molecule has 0 radical (unpaired) electrons. The zero-order valence-corrected chi connectivity index (χ0v) is 8.63. The predicted octanol–water partition coefficient (Wildman–Crippen LogP) is 2.25. The minimum atomic E-state index is -5.13. The fourth-order valence-electron chi connectivity index (χ4n) is 1.43. The van der Waals surface area contributed by atoms with Crippen LogP contribution < -0.4 is 5.73 Å². The Labute approximate surface area is 97.2 Å². The van der Waals surface area contributed by atoms with Gasteiger partial charge in [0.25, 0.3) is 6.43 Å². The van der Waals surface area contributed by atoms with Gasteiger partial charge in [-0.05, 0) is 11.6 Å². The molecule has 0 saturated heterocycles. The van der Waals surface area contributed by atoms with Crippen molar-refractivity contribution in [2.24, 2.45) is 0 Å². The molecule has 0 amide bonds. The molecule has 4 nitrogen and oxygen atoms in total. The van der Waals surface area contributed by atoms with Crippen molar-refractivity contribution in [3.05, 3.63) is 22.9 Å². The smallest absolute Gasteiger partial charge is 0.418 e. The highest BCUT2D eigenvalue weighted by Crippen LogP contribution is 2.38. The molecule has 0 spiro atoms. The molecule has 0 aliphatic rings. The van der Waals surface area contributed by atoms with E-state index in [0.717, 1.165) is 0 Å². The second-order valence-electron chi connectivity index (χ2n) is 3.34. The molecule has 100 valence electrons. The number of halogens is 5. The van der Waals surface area contributed by atoms with E-state index in [1.807, 2.05) is 0 Å². The van der Waals surface area contributed by atoms with E-state index < -0.39 is 47.6 Å². The minimum Gasteiger partial charge on any atom is -0.481 e. The molecular formula is C9H7F5N2O2. The van der Waals surface area contributed by atoms with E-state index >= 15 is 0 Å². The van der Waals surface area contributed by atoms with Crippen LogP contribution in [0.25, 0.3) is 0 Å². The largest absolute Gasteiger partial charge is 0.481 e. The van der Waals surface area contributed by atoms with Crippen LogP contribution in [-0.2, 0) is 17.4 Å². The maximum absolute atomic E-state index is 12.6. The van der Waals surface area contributed by atoms with Crippen molar-refractivity contribution in [1.29, 1.82) is 0 Å². The predicted molar refractivity (Wildman–Crippen MR) is 49.9 cm³/mol. The van der Waals surface area contributed by atoms with Gasteiger partial charge in [-0.3, -0.25) is 4.79 Å². The van der Waals surface area contributed by atoms with Crippen LogP contribution in [-0.4, -0.2) is 16.1 Å². The molecule has 18 heavy (non-hydrogen) atoms. The normalized spacial score (nSPS) is 11.9. The number of nitrogens with two attached hydrogens (primary N) is 1. The summed E-state index contributed by atoms with van der Waals surface area (Å²) in [6.07, 6.45) is -9.70. The van der Waals surface area contributed by atoms with Crippen LogP contribution in [0.5, 0.6) is 0 Å². The molecule has 1 heterocycles. The van der Waals surface area contributed by atoms with Crippen LogP contribution >= 0.6 is 0 Å². The minimum absolute atomic E-state index is 0.588. The summed E-state index contributed by atoms with van der Waals surface area (Å²) >= 11 is 0. The van der Waals surface area contributed by atoms with Crippen LogP contribution in [0.2, 0.25) is 0 Å². The van der Waals surface area contributed by atoms with Crippen molar-refractivity contribution in [2.45, 2.75) is 19.0 Å². The van der Waals surface area contributed by atoms with E-state index in [9.17, 15) is 26.7 Å². The number of nitrogen functional groups attached to an aromatic ring is 1. The van der Waals surface area contributed by atoms with Crippen molar-refractivity contribution >= 4 is 11.8 Å². The number of alkyl halides is 5. The van der Waals surface area contributed by atoms with E-state index in [4.69, 9.17) is 10.8 Å². The molecule has 0 aliphatic carbocycles. The number of carboxylic acids is 1. The Morgan fingerprint density at radius 1 is 1.44 bits per heavy atom. The summed E-state index contributed by atoms with van der Waals surface area (Å²) in [4.78, 5) is 13.3. The van der Waals surface area contributed by atoms with Gasteiger partial charge in [0.1, 0.15) is 11.5 Å². The second kappa shape index (κ2) is 4.75. The first-order chi connectivity index (χ1) is 8.12. The number of rotatable bonds is 3. The third kappa shape index (κ3) is 3.05. The number of pyridine rings is 1. The molecule has 1 aromatic rings. The third-order valence-corrected chi connectivity index (χ3v) is 1.98. The van der Waals surface area contributed by atoms with Gasteiger partial charge in [0.2, 0.25) is 0 Å². The average Bonchev–Trinajstić information content (AvgIpc) is 2.12. The molecule has 0 aliphatic heterocycles. The molecule has 3 N–H and O–H groups in total. The van der Waals surface area contributed by atoms with Crippen molar-refractivity contribution in [2.75, 3.05) is 5.73 Å². The monoisotopic (exact) mass is 270 g/mol. The molecule has 0 fully saturated rings. The van der Waals surface area contributed by atoms with Crippen molar-refractivity contribution in [1.82, 2.24) is 4.98 Å². The molecule has 0 bridgehead atoms. The van der Waals surface area contributed by atoms with Crippen LogP contribution in [0.3, 0.4) is 0 Å². The quantitative estimate of drug-likeness (QED) is 0.826. The lowest BCUT2D eigenvalue weighted by molar-refractivity contribution is -0.141. The topological polar surface area (TPSA) is 76.2 Å². The van der Waals surface area contributed by atoms with Gasteiger partial charge in [0.05, 0.1) is 12.0 Å². The maximum atomic E-state index is 12.6. The van der Waals surface area contributed by atoms with Crippen molar-refractivity contribution < 1.29 is 31.9 Å². The van der Waals surface area contributed by atoms with Crippen molar-refractivity contribution in [3.8, 4) is 0 Å². The average molecular weight is 270 g/mol. The molecular weight excluding hydrogens is 263 g/mol. The lowest BCUT2D eigenvalue weighted by atomic mass is 10.0. The first-order valence-corrected chi connectivity index (χ1v) is 4.49. The van der Waals surface area contributed by atoms with Gasteiger partial charge in [-0.15, -0.1) is 0 Å². The lowest BCUT2D eigenvalue weighted by Crippen LogP contribution is -2.18. The van der Waals surface area contributed by atoms with Gasteiger partial charge in [-0.25, -0.2) is 13.8 Å². The molecule has 9 heteroatoms. The molecule has 1 rings (SSSR count). The Kier molecular flexibility index (Phi) is 3.73. The van der Waals surface area contributed by atoms with E-state index in [0.29, 0.717) is 6.07 Å². The number of aliphatic carboxylic acids is 1. The van der Waals surface area contributed by atoms with E-state index in [1.54, 1.807) is 0 Å². The van der Waals surface area contributed by atoms with Gasteiger partial charge in [-0.2, -0.15) is 13.2 Å². The maximum Gasteiger partial charge on any atom is 0.418 e. The number of hydrogen-bond acceptors (Lipinski definition) is 3. The van der Waals surface area contributed by atoms with Gasteiger partial charge in [0, 0.05) is 0 Å². The Bertz CT molecular complexity index is 473. The van der Waals surface area contributed by atoms with E-state index in [2.05, 4.69) is 4.98 Å². The van der Waals surface area contributed by atoms with E-state index in [1.165, 1.54) is 0 Å². The summed E-state index contributed by atoms with van der Waals surface area (Å²) in [5.41, 5.74) is 0.947. The fourth-order valence-corrected chi connectivity index (χ4v) is 1.43. The standard InChI is InChI=1S/C9H7F5N2O2/c10-8(11)7-6(9(12,13)14)3(2-5(17)18)1-4(15)16-7/h1,8H,2H2,(H2,15,16)(H,17,18). The molecule has 0 aromatic carbocycles. The highest BCUT2D eigenvalue weighted by molar-refractivity contribution is 5.71. The molecule has 0 unspecified atom stereocenters. The summed E-state index contributed by atoms with van der Waals surface area (Å²) in [6.45, 7) is 0. The van der Waals surface area contributed by atoms with Crippen molar-refractivity contribution in [3.63, 3.8) is 0 Å². The zero-order chi connectivity index (χ0) is 14.1. The van der Waals surface area contributed by atoms with Gasteiger partial charge in [0.15, 0.2) is 0 Å². The second-order valence-corrected chi connectivity index (χ2v) is 3.34. The van der Waals surface area contributed by atoms with E-state index in [-0.39, 0.29) is 0 Å². The van der Waals surface area contributed by atoms with Gasteiger partial charge < -0.3 is 10.8 Å². The highest BCUT2D eigenvalue weighted by Gasteiger charge is 2.40. The van der Waals surface area contributed by atoms with Gasteiger partial charge >= 0.3 is 12.1 Å². The number of nitrogens with zero attached hydrogens (tertiary/aromatic N) is 1. The zero-order valence-electron chi connectivity index (χ0n) is 8.63. The molecule has 0 saturated carbocycles. The first kappa shape index (κ1) is 14.1. The number of anilines is 1. The highest BCUT2D eigenvalue weighted by atomic mass is 19.4. The van der Waals surface area contributed by atoms with Crippen LogP contribution in [0.4, 0.5) is 27.8 Å². The summed E-state index contributed by atoms with van der Waals surface area (Å²) in [5.74, 6) is -2.18. The number of carboxylic acid groups (broad SMARTS) is 1. The van der Waals surface area contributed by atoms with Gasteiger partial charge in [-0.1, -0.05) is 0 Å². The number of carbonyl (C=O) groups is 1. The Morgan fingerprint density at radius 3 is 2.39 bits per heavy atom. The Hall–Kier alpha value is -1.93.